The van der Waals surface area contributed by atoms with Crippen molar-refractivity contribution in [3.05, 3.63) is 12.2 Å². The van der Waals surface area contributed by atoms with Crippen LogP contribution in [0.4, 0.5) is 0 Å². The summed E-state index contributed by atoms with van der Waals surface area (Å²) in [6, 6.07) is 0. The van der Waals surface area contributed by atoms with Crippen LogP contribution < -0.4 is 0 Å². The molecule has 6 atom stereocenters. The Bertz CT molecular complexity index is 1280. The third kappa shape index (κ3) is 38.8. The first kappa shape index (κ1) is 63.4. The summed E-state index contributed by atoms with van der Waals surface area (Å²) in [6.07, 6.45) is 41.1. The second-order valence-electron chi connectivity index (χ2n) is 19.6. The molecule has 0 aliphatic carbocycles. The molecule has 1 saturated heterocycles. The van der Waals surface area contributed by atoms with Crippen molar-refractivity contribution < 1.29 is 56.8 Å². The summed E-state index contributed by atoms with van der Waals surface area (Å²) in [5, 5.41) is 31.0. The lowest BCUT2D eigenvalue weighted by Crippen LogP contribution is -2.60. The molecule has 4 N–H and O–H groups in total. The van der Waals surface area contributed by atoms with Gasteiger partial charge in [-0.3, -0.25) is 14.1 Å². The van der Waals surface area contributed by atoms with Crippen LogP contribution in [-0.4, -0.2) is 96.0 Å². The Balaban J connectivity index is 2.32. The highest BCUT2D eigenvalue weighted by Gasteiger charge is 2.46. The smallest absolute Gasteiger partial charge is 0.306 e. The molecule has 12 nitrogen and oxygen atoms in total. The topological polar surface area (TPSA) is 186 Å². The summed E-state index contributed by atoms with van der Waals surface area (Å²) in [6.45, 7) is 3.81. The fourth-order valence-electron chi connectivity index (χ4n) is 8.79. The van der Waals surface area contributed by atoms with E-state index < -0.39 is 71.2 Å². The van der Waals surface area contributed by atoms with Crippen molar-refractivity contribution in [2.45, 2.75) is 301 Å². The number of hydrogen-bond acceptors (Lipinski definition) is 11. The summed E-state index contributed by atoms with van der Waals surface area (Å²) in [5.41, 5.74) is 0. The van der Waals surface area contributed by atoms with Gasteiger partial charge >= 0.3 is 11.9 Å². The summed E-state index contributed by atoms with van der Waals surface area (Å²) in [5.74, 6) is -1.96. The number of aliphatic hydroxyl groups excluding tert-OH is 3. The largest absolute Gasteiger partial charge is 0.462 e. The Morgan fingerprint density at radius 2 is 0.851 bits per heavy atom. The van der Waals surface area contributed by atoms with E-state index in [0.717, 1.165) is 38.5 Å². The van der Waals surface area contributed by atoms with Gasteiger partial charge in [0.15, 0.2) is 12.4 Å². The molecule has 0 aromatic carbocycles. The van der Waals surface area contributed by atoms with Gasteiger partial charge in [-0.15, -0.1) is 0 Å². The average molecular weight is 975 g/mol. The number of esters is 2. The maximum atomic E-state index is 12.9. The number of allylic oxidation sites excluding steroid dienone is 2. The van der Waals surface area contributed by atoms with Crippen LogP contribution in [0.2, 0.25) is 0 Å². The zero-order chi connectivity index (χ0) is 49.1. The molecule has 67 heavy (non-hydrogen) atoms. The lowest BCUT2D eigenvalue weighted by molar-refractivity contribution is -0.297. The van der Waals surface area contributed by atoms with Crippen LogP contribution in [0.1, 0.15) is 264 Å². The second-order valence-corrected chi connectivity index (χ2v) is 21.1. The monoisotopic (exact) mass is 975 g/mol. The fraction of sp³-hybridized carbons (Fsp3) is 0.926. The molecule has 6 unspecified atom stereocenters. The molecule has 0 aromatic heterocycles. The predicted molar refractivity (Wildman–Crippen MR) is 270 cm³/mol. The first-order valence-electron chi connectivity index (χ1n) is 27.7. The Hall–Kier alpha value is -1.61. The van der Waals surface area contributed by atoms with Gasteiger partial charge < -0.3 is 34.3 Å². The molecule has 0 radical (unpaired) electrons. The Kier molecular flexibility index (Phi) is 42.0. The highest BCUT2D eigenvalue weighted by atomic mass is 32.2. The SMILES string of the molecule is CCCCCCCC/C=C\CCCCCCCCCCCC(=O)OC(COC(=O)CCCCCCCCCCCCCCCCCCCCCC)COC1OC(CS(=O)(=O)O)C(O)C(O)C1O. The lowest BCUT2D eigenvalue weighted by Gasteiger charge is -2.40. The first-order valence-corrected chi connectivity index (χ1v) is 29.4. The van der Waals surface area contributed by atoms with Crippen LogP contribution in [0.25, 0.3) is 0 Å². The molecule has 1 rings (SSSR count). The van der Waals surface area contributed by atoms with Crippen molar-refractivity contribution in [1.29, 1.82) is 0 Å². The van der Waals surface area contributed by atoms with Crippen LogP contribution in [0.15, 0.2) is 12.2 Å². The predicted octanol–water partition coefficient (Wildman–Crippen LogP) is 13.0. The van der Waals surface area contributed by atoms with Gasteiger partial charge in [-0.2, -0.15) is 8.42 Å². The van der Waals surface area contributed by atoms with E-state index in [2.05, 4.69) is 26.0 Å². The van der Waals surface area contributed by atoms with E-state index in [4.69, 9.17) is 18.9 Å². The zero-order valence-electron chi connectivity index (χ0n) is 42.8. The Labute approximate surface area is 409 Å². The van der Waals surface area contributed by atoms with E-state index in [1.54, 1.807) is 0 Å². The minimum atomic E-state index is -4.60. The van der Waals surface area contributed by atoms with Gasteiger partial charge in [-0.1, -0.05) is 225 Å². The standard InChI is InChI=1S/C54H102O12S/c1-3-5-7-9-11-13-15-17-19-21-23-25-26-28-30-32-34-36-38-40-42-49(55)63-44-47(45-64-54-53(59)52(58)51(57)48(66-54)46-67(60,61)62)65-50(56)43-41-39-37-35-33-31-29-27-24-22-20-18-16-14-12-10-8-6-4-2/h18,20,47-48,51-54,57-59H,3-17,19,21-46H2,1-2H3,(H,60,61,62)/b20-18-. The minimum absolute atomic E-state index is 0.167. The van der Waals surface area contributed by atoms with Crippen LogP contribution in [0.5, 0.6) is 0 Å². The van der Waals surface area contributed by atoms with E-state index in [0.29, 0.717) is 12.8 Å². The number of rotatable bonds is 48. The number of carbonyl (C=O) groups excluding carboxylic acids is 2. The highest BCUT2D eigenvalue weighted by Crippen LogP contribution is 2.24. The number of aliphatic hydroxyl groups is 3. The zero-order valence-corrected chi connectivity index (χ0v) is 43.6. The van der Waals surface area contributed by atoms with Crippen molar-refractivity contribution >= 4 is 22.1 Å². The molecular weight excluding hydrogens is 873 g/mol. The molecule has 1 fully saturated rings. The van der Waals surface area contributed by atoms with Gasteiger partial charge in [0, 0.05) is 12.8 Å². The number of hydrogen-bond donors (Lipinski definition) is 4. The van der Waals surface area contributed by atoms with E-state index in [9.17, 15) is 37.9 Å². The van der Waals surface area contributed by atoms with Crippen LogP contribution in [0.3, 0.4) is 0 Å². The van der Waals surface area contributed by atoms with E-state index in [1.165, 1.54) is 186 Å². The molecule has 1 aliphatic rings. The maximum absolute atomic E-state index is 12.9. The molecule has 396 valence electrons. The normalized spacial score (nSPS) is 19.3. The van der Waals surface area contributed by atoms with Crippen LogP contribution >= 0.6 is 0 Å². The van der Waals surface area contributed by atoms with Crippen molar-refractivity contribution in [2.24, 2.45) is 0 Å². The van der Waals surface area contributed by atoms with Gasteiger partial charge in [0.25, 0.3) is 10.1 Å². The van der Waals surface area contributed by atoms with Crippen molar-refractivity contribution in [3.8, 4) is 0 Å². The number of unbranched alkanes of at least 4 members (excludes halogenated alkanes) is 34. The average Bonchev–Trinajstić information content (AvgIpc) is 3.30. The molecular formula is C54H102O12S. The molecule has 1 aliphatic heterocycles. The summed E-state index contributed by atoms with van der Waals surface area (Å²) >= 11 is 0. The number of ether oxygens (including phenoxy) is 4. The quantitative estimate of drug-likeness (QED) is 0.0196. The third-order valence-electron chi connectivity index (χ3n) is 13.1. The van der Waals surface area contributed by atoms with Gasteiger partial charge in [-0.25, -0.2) is 0 Å². The molecule has 0 spiro atoms. The van der Waals surface area contributed by atoms with Crippen molar-refractivity contribution in [1.82, 2.24) is 0 Å². The van der Waals surface area contributed by atoms with E-state index >= 15 is 0 Å². The molecule has 13 heteroatoms. The molecule has 0 bridgehead atoms. The lowest BCUT2D eigenvalue weighted by atomic mass is 10.00. The van der Waals surface area contributed by atoms with Gasteiger partial charge in [0.2, 0.25) is 0 Å². The van der Waals surface area contributed by atoms with Crippen LogP contribution in [-0.2, 0) is 38.7 Å². The maximum Gasteiger partial charge on any atom is 0.306 e. The van der Waals surface area contributed by atoms with E-state index in [-0.39, 0.29) is 19.4 Å². The summed E-state index contributed by atoms with van der Waals surface area (Å²) in [4.78, 5) is 25.6. The fourth-order valence-corrected chi connectivity index (χ4v) is 9.48. The first-order chi connectivity index (χ1) is 32.5. The summed E-state index contributed by atoms with van der Waals surface area (Å²) in [7, 11) is -4.60. The van der Waals surface area contributed by atoms with Crippen LogP contribution in [0, 0.1) is 0 Å². The summed E-state index contributed by atoms with van der Waals surface area (Å²) < 4.78 is 54.3. The number of carbonyl (C=O) groups is 2. The molecule has 0 amide bonds. The van der Waals surface area contributed by atoms with Gasteiger partial charge in [-0.05, 0) is 38.5 Å². The Morgan fingerprint density at radius 3 is 1.24 bits per heavy atom. The van der Waals surface area contributed by atoms with Gasteiger partial charge in [0.1, 0.15) is 36.8 Å². The van der Waals surface area contributed by atoms with Crippen molar-refractivity contribution in [3.63, 3.8) is 0 Å². The highest BCUT2D eigenvalue weighted by molar-refractivity contribution is 7.85. The molecule has 1 heterocycles. The molecule has 0 saturated carbocycles. The second kappa shape index (κ2) is 44.3. The van der Waals surface area contributed by atoms with Crippen molar-refractivity contribution in [2.75, 3.05) is 19.0 Å². The minimum Gasteiger partial charge on any atom is -0.462 e. The van der Waals surface area contributed by atoms with Gasteiger partial charge in [0.05, 0.1) is 6.61 Å². The molecule has 0 aromatic rings. The third-order valence-corrected chi connectivity index (χ3v) is 13.8. The van der Waals surface area contributed by atoms with E-state index in [1.807, 2.05) is 0 Å². The Morgan fingerprint density at radius 1 is 0.493 bits per heavy atom.